The number of aliphatic hydroxyl groups is 3. The summed E-state index contributed by atoms with van der Waals surface area (Å²) in [4.78, 5) is 41.9. The van der Waals surface area contributed by atoms with Crippen LogP contribution in [0.4, 0.5) is 5.69 Å². The van der Waals surface area contributed by atoms with Crippen molar-refractivity contribution < 1.29 is 39.5 Å². The number of aromatic hydroxyl groups is 1. The topological polar surface area (TPSA) is 174 Å². The zero-order valence-electron chi connectivity index (χ0n) is 21.2. The first-order valence-corrected chi connectivity index (χ1v) is 11.6. The molecule has 2 aliphatic rings. The van der Waals surface area contributed by atoms with E-state index in [2.05, 4.69) is 0 Å². The Morgan fingerprint density at radius 2 is 1.89 bits per heavy atom. The van der Waals surface area contributed by atoms with Crippen molar-refractivity contribution in [3.05, 3.63) is 34.1 Å². The normalized spacial score (nSPS) is 24.4. The van der Waals surface area contributed by atoms with Gasteiger partial charge in [0, 0.05) is 50.0 Å². The van der Waals surface area contributed by atoms with E-state index >= 15 is 0 Å². The van der Waals surface area contributed by atoms with E-state index in [0.29, 0.717) is 16.8 Å². The van der Waals surface area contributed by atoms with Crippen molar-refractivity contribution in [3.8, 4) is 5.75 Å². The molecule has 11 heteroatoms. The third kappa shape index (κ3) is 4.36. The van der Waals surface area contributed by atoms with E-state index in [-0.39, 0.29) is 36.3 Å². The van der Waals surface area contributed by atoms with Crippen LogP contribution in [0, 0.1) is 11.8 Å². The Balaban J connectivity index is 2.30. The van der Waals surface area contributed by atoms with Crippen molar-refractivity contribution in [2.24, 2.45) is 17.6 Å². The number of phenolic OH excluding ortho intramolecular Hbond substituents is 1. The van der Waals surface area contributed by atoms with Crippen LogP contribution >= 0.6 is 0 Å². The molecule has 1 aromatic rings. The lowest BCUT2D eigenvalue weighted by Crippen LogP contribution is -2.60. The van der Waals surface area contributed by atoms with E-state index in [0.717, 1.165) is 0 Å². The number of benzene rings is 1. The van der Waals surface area contributed by atoms with Crippen molar-refractivity contribution in [1.29, 1.82) is 0 Å². The number of hydrogen-bond acceptors (Lipinski definition) is 10. The third-order valence-electron chi connectivity index (χ3n) is 7.34. The smallest absolute Gasteiger partial charge is 0.225 e. The number of ether oxygens (including phenoxy) is 1. The fourth-order valence-electron chi connectivity index (χ4n) is 5.61. The highest BCUT2D eigenvalue weighted by atomic mass is 16.5. The number of likely N-dealkylation sites (N-methyl/N-ethyl adjacent to an activating group) is 1. The molecule has 0 saturated heterocycles. The number of phenols is 1. The van der Waals surface area contributed by atoms with Gasteiger partial charge in [-0.1, -0.05) is 0 Å². The van der Waals surface area contributed by atoms with Gasteiger partial charge in [0.15, 0.2) is 17.2 Å². The summed E-state index contributed by atoms with van der Waals surface area (Å²) in [6, 6.07) is 0.959. The van der Waals surface area contributed by atoms with Gasteiger partial charge in [-0.3, -0.25) is 14.4 Å². The minimum Gasteiger partial charge on any atom is -0.508 e. The molecule has 0 fully saturated rings. The SMILES string of the molecule is COCc1cc(N(C)C)c2c(c1O)C(=O)C1=C(O)[C@](O)(C(=O)CC(N)=O)[C@H]([C@H](CO)N(C)C)C[C@@H]1C2. The number of primary amides is 1. The summed E-state index contributed by atoms with van der Waals surface area (Å²) in [7, 11) is 8.35. The summed E-state index contributed by atoms with van der Waals surface area (Å²) >= 11 is 0. The van der Waals surface area contributed by atoms with Gasteiger partial charge < -0.3 is 40.7 Å². The molecule has 0 heterocycles. The van der Waals surface area contributed by atoms with Crippen LogP contribution in [0.25, 0.3) is 0 Å². The number of methoxy groups -OCH3 is 1. The molecule has 198 valence electrons. The van der Waals surface area contributed by atoms with E-state index in [4.69, 9.17) is 10.5 Å². The molecule has 1 aromatic carbocycles. The summed E-state index contributed by atoms with van der Waals surface area (Å²) in [5, 5.41) is 44.1. The van der Waals surface area contributed by atoms with Gasteiger partial charge in [0.1, 0.15) is 11.5 Å². The van der Waals surface area contributed by atoms with E-state index in [1.54, 1.807) is 39.2 Å². The number of rotatable bonds is 9. The summed E-state index contributed by atoms with van der Waals surface area (Å²) < 4.78 is 5.17. The molecule has 2 aliphatic carbocycles. The summed E-state index contributed by atoms with van der Waals surface area (Å²) in [5.74, 6) is -5.60. The maximum atomic E-state index is 13.8. The van der Waals surface area contributed by atoms with Gasteiger partial charge in [0.25, 0.3) is 0 Å². The fourth-order valence-corrected chi connectivity index (χ4v) is 5.61. The lowest BCUT2D eigenvalue weighted by Gasteiger charge is -2.47. The molecule has 6 N–H and O–H groups in total. The average Bonchev–Trinajstić information content (AvgIpc) is 2.78. The van der Waals surface area contributed by atoms with Crippen molar-refractivity contribution in [2.75, 3.05) is 46.8 Å². The lowest BCUT2D eigenvalue weighted by atomic mass is 9.61. The van der Waals surface area contributed by atoms with Crippen LogP contribution in [0.5, 0.6) is 5.75 Å². The van der Waals surface area contributed by atoms with E-state index in [1.807, 2.05) is 4.90 Å². The summed E-state index contributed by atoms with van der Waals surface area (Å²) in [6.45, 7) is -0.417. The number of carbonyl (C=O) groups is 3. The molecule has 0 saturated carbocycles. The molecule has 3 rings (SSSR count). The Morgan fingerprint density at radius 1 is 1.25 bits per heavy atom. The van der Waals surface area contributed by atoms with Gasteiger partial charge in [0.2, 0.25) is 5.91 Å². The summed E-state index contributed by atoms with van der Waals surface area (Å²) in [5.41, 5.74) is 3.99. The lowest BCUT2D eigenvalue weighted by molar-refractivity contribution is -0.151. The zero-order valence-corrected chi connectivity index (χ0v) is 21.2. The van der Waals surface area contributed by atoms with E-state index < -0.39 is 59.7 Å². The first kappa shape index (κ1) is 27.6. The fraction of sp³-hybridized carbons (Fsp3) is 0.560. The minimum absolute atomic E-state index is 0.0273. The van der Waals surface area contributed by atoms with Crippen molar-refractivity contribution in [1.82, 2.24) is 4.90 Å². The number of nitrogens with two attached hydrogens (primary N) is 1. The number of nitrogens with zero attached hydrogens (tertiary/aromatic N) is 2. The second kappa shape index (κ2) is 10.2. The number of allylic oxidation sites excluding steroid dienone is 1. The molecule has 36 heavy (non-hydrogen) atoms. The number of fused-ring (bicyclic) bond motifs is 2. The largest absolute Gasteiger partial charge is 0.508 e. The molecule has 0 radical (unpaired) electrons. The van der Waals surface area contributed by atoms with Crippen LogP contribution in [0.3, 0.4) is 0 Å². The van der Waals surface area contributed by atoms with Crippen LogP contribution in [-0.4, -0.2) is 96.3 Å². The number of hydrogen-bond donors (Lipinski definition) is 5. The molecular formula is C25H35N3O8. The van der Waals surface area contributed by atoms with E-state index in [9.17, 15) is 34.8 Å². The van der Waals surface area contributed by atoms with E-state index in [1.165, 1.54) is 7.11 Å². The number of carbonyl (C=O) groups excluding carboxylic acids is 3. The Labute approximate surface area is 209 Å². The van der Waals surface area contributed by atoms with Gasteiger partial charge in [-0.05, 0) is 44.5 Å². The minimum atomic E-state index is -2.63. The van der Waals surface area contributed by atoms with Crippen LogP contribution in [0.1, 0.15) is 34.3 Å². The van der Waals surface area contributed by atoms with Crippen LogP contribution in [0.15, 0.2) is 17.4 Å². The molecule has 11 nitrogen and oxygen atoms in total. The number of aliphatic hydroxyl groups excluding tert-OH is 2. The highest BCUT2D eigenvalue weighted by Crippen LogP contribution is 2.51. The van der Waals surface area contributed by atoms with Gasteiger partial charge in [-0.25, -0.2) is 0 Å². The third-order valence-corrected chi connectivity index (χ3v) is 7.34. The van der Waals surface area contributed by atoms with Crippen molar-refractivity contribution in [3.63, 3.8) is 0 Å². The molecule has 0 unspecified atom stereocenters. The Morgan fingerprint density at radius 3 is 2.39 bits per heavy atom. The van der Waals surface area contributed by atoms with Crippen molar-refractivity contribution in [2.45, 2.75) is 37.5 Å². The molecule has 1 amide bonds. The van der Waals surface area contributed by atoms with Gasteiger partial charge >= 0.3 is 0 Å². The quantitative estimate of drug-likeness (QED) is 0.285. The number of ketones is 2. The highest BCUT2D eigenvalue weighted by molar-refractivity contribution is 6.15. The Bertz CT molecular complexity index is 1110. The van der Waals surface area contributed by atoms with Crippen molar-refractivity contribution >= 4 is 23.2 Å². The van der Waals surface area contributed by atoms with Gasteiger partial charge in [0.05, 0.1) is 25.2 Å². The first-order valence-electron chi connectivity index (χ1n) is 11.6. The predicted octanol–water partition coefficient (Wildman–Crippen LogP) is -0.110. The number of amides is 1. The molecule has 0 aromatic heterocycles. The zero-order chi connectivity index (χ0) is 27.1. The molecule has 0 bridgehead atoms. The van der Waals surface area contributed by atoms with Gasteiger partial charge in [-0.2, -0.15) is 0 Å². The molecule has 4 atom stereocenters. The maximum absolute atomic E-state index is 13.8. The Hall–Kier alpha value is -2.99. The molecule has 0 spiro atoms. The molecular weight excluding hydrogens is 470 g/mol. The predicted molar refractivity (Wildman–Crippen MR) is 131 cm³/mol. The Kier molecular flexibility index (Phi) is 7.80. The van der Waals surface area contributed by atoms with Crippen LogP contribution in [0.2, 0.25) is 0 Å². The second-order valence-electron chi connectivity index (χ2n) is 9.97. The average molecular weight is 506 g/mol. The van der Waals surface area contributed by atoms with Crippen LogP contribution in [-0.2, 0) is 27.4 Å². The number of anilines is 1. The standard InChI is InChI=1S/C25H35N3O8/c1-27(2)16-8-13(11-36-5)22(32)21-14(16)6-12-7-15(17(10-29)28(3)4)25(35,18(30)9-19(26)31)24(34)20(12)23(21)33/h8,12,15,17,29,32,34-35H,6-7,9-11H2,1-5H3,(H2,26,31)/t12-,15-,17-,25+/m0/s1. The first-order chi connectivity index (χ1) is 16.8. The maximum Gasteiger partial charge on any atom is 0.225 e. The highest BCUT2D eigenvalue weighted by Gasteiger charge is 2.58. The monoisotopic (exact) mass is 505 g/mol. The molecule has 0 aliphatic heterocycles. The van der Waals surface area contributed by atoms with Crippen LogP contribution < -0.4 is 10.6 Å². The second-order valence-corrected chi connectivity index (χ2v) is 9.97. The van der Waals surface area contributed by atoms with Gasteiger partial charge in [-0.15, -0.1) is 0 Å². The number of Topliss-reactive ketones (excluding diaryl/α,β-unsaturated/α-hetero) is 2. The summed E-state index contributed by atoms with van der Waals surface area (Å²) in [6.07, 6.45) is -0.571.